The van der Waals surface area contributed by atoms with Gasteiger partial charge in [0.2, 0.25) is 0 Å². The zero-order valence-corrected chi connectivity index (χ0v) is 15.5. The van der Waals surface area contributed by atoms with Crippen LogP contribution in [0.3, 0.4) is 0 Å². The maximum atomic E-state index is 5.77. The van der Waals surface area contributed by atoms with Crippen LogP contribution in [0.15, 0.2) is 4.99 Å². The topological polar surface area (TPSA) is 40.1 Å². The van der Waals surface area contributed by atoms with Gasteiger partial charge in [0, 0.05) is 39.8 Å². The molecule has 0 bridgehead atoms. The standard InChI is InChI=1S/C14H28N4O.HI/c1-14(2)5-6-18(11-14)13(15-3)16-9-12-10-17(4)7-8-19-12;/h12H,5-11H2,1-4H3,(H,15,16);1H. The maximum Gasteiger partial charge on any atom is 0.193 e. The lowest BCUT2D eigenvalue weighted by Gasteiger charge is -2.31. The fraction of sp³-hybridized carbons (Fsp3) is 0.929. The van der Waals surface area contributed by atoms with Gasteiger partial charge in [0.25, 0.3) is 0 Å². The lowest BCUT2D eigenvalue weighted by Crippen LogP contribution is -2.49. The van der Waals surface area contributed by atoms with Crippen LogP contribution in [0.1, 0.15) is 20.3 Å². The molecule has 0 amide bonds. The number of hydrogen-bond acceptors (Lipinski definition) is 3. The van der Waals surface area contributed by atoms with E-state index in [-0.39, 0.29) is 30.1 Å². The number of likely N-dealkylation sites (N-methyl/N-ethyl adjacent to an activating group) is 1. The summed E-state index contributed by atoms with van der Waals surface area (Å²) in [6, 6.07) is 0. The highest BCUT2D eigenvalue weighted by Crippen LogP contribution is 2.28. The van der Waals surface area contributed by atoms with Crippen LogP contribution in [0.5, 0.6) is 0 Å². The second kappa shape index (κ2) is 7.79. The normalized spacial score (nSPS) is 27.3. The number of rotatable bonds is 2. The summed E-state index contributed by atoms with van der Waals surface area (Å²) in [6.45, 7) is 10.5. The quantitative estimate of drug-likeness (QED) is 0.433. The second-order valence-electron chi connectivity index (χ2n) is 6.52. The monoisotopic (exact) mass is 396 g/mol. The smallest absolute Gasteiger partial charge is 0.193 e. The first-order valence-electron chi connectivity index (χ1n) is 7.26. The predicted molar refractivity (Wildman–Crippen MR) is 94.0 cm³/mol. The summed E-state index contributed by atoms with van der Waals surface area (Å²) < 4.78 is 5.77. The van der Waals surface area contributed by atoms with Gasteiger partial charge in [-0.1, -0.05) is 13.8 Å². The summed E-state index contributed by atoms with van der Waals surface area (Å²) in [4.78, 5) is 9.07. The first kappa shape index (κ1) is 18.0. The number of ether oxygens (including phenoxy) is 1. The molecule has 2 aliphatic rings. The maximum absolute atomic E-state index is 5.77. The molecule has 5 nitrogen and oxygen atoms in total. The van der Waals surface area contributed by atoms with E-state index in [0.717, 1.165) is 45.3 Å². The van der Waals surface area contributed by atoms with Gasteiger partial charge in [0.15, 0.2) is 5.96 Å². The number of hydrogen-bond donors (Lipinski definition) is 1. The van der Waals surface area contributed by atoms with Crippen LogP contribution in [-0.2, 0) is 4.74 Å². The number of guanidine groups is 1. The molecule has 2 fully saturated rings. The van der Waals surface area contributed by atoms with Crippen LogP contribution in [-0.4, -0.2) is 75.3 Å². The highest BCUT2D eigenvalue weighted by atomic mass is 127. The largest absolute Gasteiger partial charge is 0.374 e. The van der Waals surface area contributed by atoms with Gasteiger partial charge < -0.3 is 19.9 Å². The molecule has 1 N–H and O–H groups in total. The Morgan fingerprint density at radius 3 is 2.70 bits per heavy atom. The Morgan fingerprint density at radius 2 is 2.15 bits per heavy atom. The van der Waals surface area contributed by atoms with E-state index < -0.39 is 0 Å². The lowest BCUT2D eigenvalue weighted by molar-refractivity contribution is -0.0163. The van der Waals surface area contributed by atoms with Crippen LogP contribution < -0.4 is 5.32 Å². The molecule has 0 aromatic heterocycles. The molecule has 20 heavy (non-hydrogen) atoms. The van der Waals surface area contributed by atoms with Gasteiger partial charge in [-0.15, -0.1) is 24.0 Å². The van der Waals surface area contributed by atoms with Crippen molar-refractivity contribution in [2.75, 3.05) is 53.4 Å². The number of halogens is 1. The number of nitrogens with one attached hydrogen (secondary N) is 1. The van der Waals surface area contributed by atoms with Gasteiger partial charge in [-0.3, -0.25) is 4.99 Å². The van der Waals surface area contributed by atoms with E-state index in [1.165, 1.54) is 6.42 Å². The average Bonchev–Trinajstić information content (AvgIpc) is 2.71. The first-order chi connectivity index (χ1) is 9.00. The third kappa shape index (κ3) is 5.04. The number of likely N-dealkylation sites (tertiary alicyclic amines) is 1. The van der Waals surface area contributed by atoms with Crippen molar-refractivity contribution in [1.29, 1.82) is 0 Å². The van der Waals surface area contributed by atoms with E-state index in [0.29, 0.717) is 5.41 Å². The lowest BCUT2D eigenvalue weighted by atomic mass is 9.93. The summed E-state index contributed by atoms with van der Waals surface area (Å²) in [6.07, 6.45) is 1.50. The highest BCUT2D eigenvalue weighted by molar-refractivity contribution is 14.0. The van der Waals surface area contributed by atoms with Crippen molar-refractivity contribution in [3.8, 4) is 0 Å². The molecule has 0 aliphatic carbocycles. The molecule has 0 aromatic carbocycles. The zero-order chi connectivity index (χ0) is 13.9. The molecule has 0 aromatic rings. The second-order valence-corrected chi connectivity index (χ2v) is 6.52. The van der Waals surface area contributed by atoms with Crippen LogP contribution >= 0.6 is 24.0 Å². The molecule has 1 unspecified atom stereocenters. The molecule has 0 radical (unpaired) electrons. The molecular weight excluding hydrogens is 367 g/mol. The third-order valence-corrected chi connectivity index (χ3v) is 4.02. The minimum atomic E-state index is 0. The number of morpholine rings is 1. The molecular formula is C14H29IN4O. The molecule has 0 saturated carbocycles. The Bertz CT molecular complexity index is 335. The van der Waals surface area contributed by atoms with Crippen molar-refractivity contribution in [3.63, 3.8) is 0 Å². The summed E-state index contributed by atoms with van der Waals surface area (Å²) in [5, 5.41) is 3.46. The van der Waals surface area contributed by atoms with Gasteiger partial charge in [-0.2, -0.15) is 0 Å². The van der Waals surface area contributed by atoms with Crippen molar-refractivity contribution in [2.45, 2.75) is 26.4 Å². The summed E-state index contributed by atoms with van der Waals surface area (Å²) in [5.74, 6) is 1.02. The molecule has 2 rings (SSSR count). The highest BCUT2D eigenvalue weighted by Gasteiger charge is 2.31. The van der Waals surface area contributed by atoms with Gasteiger partial charge in [0.05, 0.1) is 12.7 Å². The van der Waals surface area contributed by atoms with E-state index in [1.807, 2.05) is 7.05 Å². The Kier molecular flexibility index (Phi) is 7.00. The molecule has 6 heteroatoms. The Hall–Kier alpha value is -0.0800. The Morgan fingerprint density at radius 1 is 1.40 bits per heavy atom. The van der Waals surface area contributed by atoms with E-state index >= 15 is 0 Å². The average molecular weight is 396 g/mol. The minimum Gasteiger partial charge on any atom is -0.374 e. The molecule has 0 spiro atoms. The van der Waals surface area contributed by atoms with Crippen LogP contribution in [0.2, 0.25) is 0 Å². The van der Waals surface area contributed by atoms with Crippen molar-refractivity contribution < 1.29 is 4.74 Å². The van der Waals surface area contributed by atoms with Crippen molar-refractivity contribution >= 4 is 29.9 Å². The minimum absolute atomic E-state index is 0. The molecule has 2 saturated heterocycles. The van der Waals surface area contributed by atoms with Crippen LogP contribution in [0, 0.1) is 5.41 Å². The number of aliphatic imine (C=N–C) groups is 1. The predicted octanol–water partition coefficient (Wildman–Crippen LogP) is 1.24. The fourth-order valence-corrected chi connectivity index (χ4v) is 2.82. The van der Waals surface area contributed by atoms with Gasteiger partial charge in [-0.05, 0) is 18.9 Å². The van der Waals surface area contributed by atoms with E-state index in [2.05, 4.69) is 41.0 Å². The van der Waals surface area contributed by atoms with E-state index in [1.54, 1.807) is 0 Å². The first-order valence-corrected chi connectivity index (χ1v) is 7.26. The summed E-state index contributed by atoms with van der Waals surface area (Å²) >= 11 is 0. The fourth-order valence-electron chi connectivity index (χ4n) is 2.82. The molecule has 2 aliphatic heterocycles. The molecule has 1 atom stereocenters. The van der Waals surface area contributed by atoms with Crippen LogP contribution in [0.4, 0.5) is 0 Å². The SMILES string of the molecule is CN=C(NCC1CN(C)CCO1)N1CCC(C)(C)C1.I. The van der Waals surface area contributed by atoms with E-state index in [9.17, 15) is 0 Å². The molecule has 118 valence electrons. The summed E-state index contributed by atoms with van der Waals surface area (Å²) in [5.41, 5.74) is 0.402. The Balaban J connectivity index is 0.00000200. The zero-order valence-electron chi connectivity index (χ0n) is 13.2. The van der Waals surface area contributed by atoms with Crippen molar-refractivity contribution in [3.05, 3.63) is 0 Å². The Labute approximate surface area is 140 Å². The van der Waals surface area contributed by atoms with Crippen molar-refractivity contribution in [2.24, 2.45) is 10.4 Å². The van der Waals surface area contributed by atoms with Gasteiger partial charge in [-0.25, -0.2) is 0 Å². The van der Waals surface area contributed by atoms with Crippen molar-refractivity contribution in [1.82, 2.24) is 15.1 Å². The van der Waals surface area contributed by atoms with Crippen LogP contribution in [0.25, 0.3) is 0 Å². The van der Waals surface area contributed by atoms with E-state index in [4.69, 9.17) is 4.74 Å². The summed E-state index contributed by atoms with van der Waals surface area (Å²) in [7, 11) is 4.01. The van der Waals surface area contributed by atoms with Gasteiger partial charge in [0.1, 0.15) is 0 Å². The molecule has 2 heterocycles. The third-order valence-electron chi connectivity index (χ3n) is 4.02. The van der Waals surface area contributed by atoms with Gasteiger partial charge >= 0.3 is 0 Å². The number of nitrogens with zero attached hydrogens (tertiary/aromatic N) is 3.